The van der Waals surface area contributed by atoms with Crippen LogP contribution in [0, 0.1) is 5.92 Å². The first-order valence-corrected chi connectivity index (χ1v) is 5.06. The molecule has 1 heterocycles. The van der Waals surface area contributed by atoms with Crippen LogP contribution >= 0.6 is 0 Å². The lowest BCUT2D eigenvalue weighted by atomic mass is 10.1. The van der Waals surface area contributed by atoms with Crippen LogP contribution in [-0.4, -0.2) is 31.3 Å². The van der Waals surface area contributed by atoms with E-state index in [0.29, 0.717) is 12.5 Å². The molecule has 1 saturated heterocycles. The van der Waals surface area contributed by atoms with E-state index in [1.165, 1.54) is 0 Å². The van der Waals surface area contributed by atoms with Crippen LogP contribution in [0.2, 0.25) is 0 Å². The van der Waals surface area contributed by atoms with Crippen LogP contribution in [-0.2, 0) is 0 Å². The van der Waals surface area contributed by atoms with Gasteiger partial charge in [-0.05, 0) is 38.3 Å². The first-order valence-electron chi connectivity index (χ1n) is 5.06. The molecule has 5 heteroatoms. The Labute approximate surface area is 81.2 Å². The zero-order valence-corrected chi connectivity index (χ0v) is 7.95. The fourth-order valence-corrected chi connectivity index (χ4v) is 1.91. The smallest absolute Gasteiger partial charge is 0.316 e. The van der Waals surface area contributed by atoms with Gasteiger partial charge in [-0.25, -0.2) is 0 Å². The van der Waals surface area contributed by atoms with Gasteiger partial charge in [0.05, 0.1) is 0 Å². The van der Waals surface area contributed by atoms with Gasteiger partial charge in [-0.1, -0.05) is 0 Å². The molecule has 1 aliphatic carbocycles. The summed E-state index contributed by atoms with van der Waals surface area (Å²) >= 11 is 0. The van der Waals surface area contributed by atoms with Gasteiger partial charge in [-0.2, -0.15) is 13.2 Å². The van der Waals surface area contributed by atoms with Gasteiger partial charge in [0.25, 0.3) is 0 Å². The number of hydrogen-bond acceptors (Lipinski definition) is 2. The molecular formula is C9H15F3N2. The lowest BCUT2D eigenvalue weighted by Crippen LogP contribution is -2.46. The summed E-state index contributed by atoms with van der Waals surface area (Å²) in [7, 11) is 0. The zero-order valence-electron chi connectivity index (χ0n) is 7.95. The maximum absolute atomic E-state index is 12.5. The first kappa shape index (κ1) is 10.2. The van der Waals surface area contributed by atoms with Crippen molar-refractivity contribution in [2.45, 2.75) is 31.0 Å². The number of rotatable bonds is 3. The molecule has 2 fully saturated rings. The number of halogens is 3. The zero-order chi connectivity index (χ0) is 10.2. The second kappa shape index (κ2) is 3.38. The summed E-state index contributed by atoms with van der Waals surface area (Å²) in [5, 5.41) is 5.83. The molecule has 2 N–H and O–H groups in total. The summed E-state index contributed by atoms with van der Waals surface area (Å²) in [6, 6.07) is 0. The summed E-state index contributed by atoms with van der Waals surface area (Å²) in [4.78, 5) is 0. The summed E-state index contributed by atoms with van der Waals surface area (Å²) in [6.07, 6.45) is -2.59. The van der Waals surface area contributed by atoms with Crippen molar-refractivity contribution in [2.75, 3.05) is 19.6 Å². The van der Waals surface area contributed by atoms with Gasteiger partial charge < -0.3 is 10.6 Å². The average molecular weight is 208 g/mol. The molecular weight excluding hydrogens is 193 g/mol. The van der Waals surface area contributed by atoms with Crippen molar-refractivity contribution >= 4 is 0 Å². The molecule has 1 aliphatic heterocycles. The van der Waals surface area contributed by atoms with Gasteiger partial charge >= 0.3 is 6.18 Å². The Morgan fingerprint density at radius 2 is 2.07 bits per heavy atom. The molecule has 82 valence electrons. The fourth-order valence-electron chi connectivity index (χ4n) is 1.91. The molecule has 0 radical (unpaired) electrons. The Balaban J connectivity index is 1.80. The molecule has 0 bridgehead atoms. The van der Waals surface area contributed by atoms with Crippen LogP contribution < -0.4 is 10.6 Å². The minimum absolute atomic E-state index is 0.247. The van der Waals surface area contributed by atoms with E-state index in [1.54, 1.807) is 0 Å². The molecule has 0 aromatic heterocycles. The van der Waals surface area contributed by atoms with Crippen molar-refractivity contribution in [2.24, 2.45) is 5.92 Å². The molecule has 0 aromatic rings. The maximum atomic E-state index is 12.5. The van der Waals surface area contributed by atoms with Gasteiger partial charge in [0.1, 0.15) is 5.54 Å². The van der Waals surface area contributed by atoms with Gasteiger partial charge in [-0.3, -0.25) is 0 Å². The Hall–Kier alpha value is -0.290. The first-order chi connectivity index (χ1) is 6.54. The van der Waals surface area contributed by atoms with E-state index in [-0.39, 0.29) is 12.8 Å². The molecule has 14 heavy (non-hydrogen) atoms. The van der Waals surface area contributed by atoms with E-state index in [4.69, 9.17) is 0 Å². The fraction of sp³-hybridized carbons (Fsp3) is 1.00. The highest BCUT2D eigenvalue weighted by Gasteiger charge is 2.63. The van der Waals surface area contributed by atoms with E-state index in [9.17, 15) is 13.2 Å². The van der Waals surface area contributed by atoms with Crippen molar-refractivity contribution < 1.29 is 13.2 Å². The molecule has 0 amide bonds. The van der Waals surface area contributed by atoms with Crippen molar-refractivity contribution in [1.29, 1.82) is 0 Å². The molecule has 2 rings (SSSR count). The Bertz CT molecular complexity index is 205. The normalized spacial score (nSPS) is 30.6. The highest BCUT2D eigenvalue weighted by atomic mass is 19.4. The van der Waals surface area contributed by atoms with Crippen LogP contribution in [0.4, 0.5) is 13.2 Å². The molecule has 1 saturated carbocycles. The van der Waals surface area contributed by atoms with Gasteiger partial charge in [0.15, 0.2) is 0 Å². The molecule has 0 spiro atoms. The summed E-state index contributed by atoms with van der Waals surface area (Å²) in [6.45, 7) is 2.28. The van der Waals surface area contributed by atoms with E-state index >= 15 is 0 Å². The predicted molar refractivity (Wildman–Crippen MR) is 47.0 cm³/mol. The van der Waals surface area contributed by atoms with E-state index in [1.807, 2.05) is 0 Å². The van der Waals surface area contributed by atoms with Crippen LogP contribution in [0.3, 0.4) is 0 Å². The Morgan fingerprint density at radius 1 is 1.36 bits per heavy atom. The van der Waals surface area contributed by atoms with Crippen molar-refractivity contribution in [1.82, 2.24) is 10.6 Å². The van der Waals surface area contributed by atoms with Crippen LogP contribution in [0.5, 0.6) is 0 Å². The van der Waals surface area contributed by atoms with Gasteiger partial charge in [0.2, 0.25) is 0 Å². The topological polar surface area (TPSA) is 24.1 Å². The predicted octanol–water partition coefficient (Wildman–Crippen LogP) is 1.28. The maximum Gasteiger partial charge on any atom is 0.406 e. The number of alkyl halides is 3. The Morgan fingerprint density at radius 3 is 2.50 bits per heavy atom. The van der Waals surface area contributed by atoms with Gasteiger partial charge in [0, 0.05) is 6.54 Å². The highest BCUT2D eigenvalue weighted by molar-refractivity contribution is 5.08. The molecule has 0 aromatic carbocycles. The number of hydrogen-bond donors (Lipinski definition) is 2. The van der Waals surface area contributed by atoms with E-state index in [0.717, 1.165) is 19.5 Å². The van der Waals surface area contributed by atoms with Crippen LogP contribution in [0.25, 0.3) is 0 Å². The van der Waals surface area contributed by atoms with Crippen molar-refractivity contribution in [3.63, 3.8) is 0 Å². The highest BCUT2D eigenvalue weighted by Crippen LogP contribution is 2.48. The Kier molecular flexibility index (Phi) is 2.47. The van der Waals surface area contributed by atoms with Crippen molar-refractivity contribution in [3.8, 4) is 0 Å². The minimum atomic E-state index is -4.07. The average Bonchev–Trinajstić information content (AvgIpc) is 2.72. The van der Waals surface area contributed by atoms with Gasteiger partial charge in [-0.15, -0.1) is 0 Å². The third-order valence-electron chi connectivity index (χ3n) is 3.18. The van der Waals surface area contributed by atoms with Crippen LogP contribution in [0.1, 0.15) is 19.3 Å². The summed E-state index contributed by atoms with van der Waals surface area (Å²) in [5.41, 5.74) is -1.53. The number of nitrogens with one attached hydrogen (secondary N) is 2. The molecule has 1 unspecified atom stereocenters. The third-order valence-corrected chi connectivity index (χ3v) is 3.18. The summed E-state index contributed by atoms with van der Waals surface area (Å²) in [5.74, 6) is 0.370. The van der Waals surface area contributed by atoms with Crippen molar-refractivity contribution in [3.05, 3.63) is 0 Å². The quantitative estimate of drug-likeness (QED) is 0.730. The lowest BCUT2D eigenvalue weighted by Gasteiger charge is -2.22. The standard InChI is InChI=1S/C9H15F3N2/c10-9(11,12)8(2-3-8)14-6-7-1-4-13-5-7/h7,13-14H,1-6H2. The SMILES string of the molecule is FC(F)(F)C1(NCC2CCNC2)CC1. The molecule has 1 atom stereocenters. The lowest BCUT2D eigenvalue weighted by molar-refractivity contribution is -0.166. The third kappa shape index (κ3) is 1.88. The molecule has 2 nitrogen and oxygen atoms in total. The molecule has 2 aliphatic rings. The second-order valence-electron chi connectivity index (χ2n) is 4.32. The summed E-state index contributed by atoms with van der Waals surface area (Å²) < 4.78 is 37.5. The van der Waals surface area contributed by atoms with E-state index in [2.05, 4.69) is 10.6 Å². The largest absolute Gasteiger partial charge is 0.406 e. The second-order valence-corrected chi connectivity index (χ2v) is 4.32. The minimum Gasteiger partial charge on any atom is -0.316 e. The van der Waals surface area contributed by atoms with E-state index < -0.39 is 11.7 Å². The van der Waals surface area contributed by atoms with Crippen LogP contribution in [0.15, 0.2) is 0 Å². The monoisotopic (exact) mass is 208 g/mol.